The quantitative estimate of drug-likeness (QED) is 0.636. The average molecular weight is 447 g/mol. The second kappa shape index (κ2) is 8.00. The number of carbonyl (C=O) groups excluding carboxylic acids is 1. The van der Waals surface area contributed by atoms with E-state index in [0.29, 0.717) is 35.4 Å². The van der Waals surface area contributed by atoms with Crippen LogP contribution in [0.3, 0.4) is 0 Å². The Morgan fingerprint density at radius 1 is 1.06 bits per heavy atom. The zero-order valence-electron chi connectivity index (χ0n) is 17.1. The van der Waals surface area contributed by atoms with Gasteiger partial charge in [-0.15, -0.1) is 11.3 Å². The number of thiophene rings is 2. The molecule has 2 N–H and O–H groups in total. The topological polar surface area (TPSA) is 93.9 Å². The van der Waals surface area contributed by atoms with Crippen molar-refractivity contribution in [2.24, 2.45) is 5.73 Å². The Morgan fingerprint density at radius 3 is 2.65 bits per heavy atom. The number of aryl methyl sites for hydroxylation is 1. The Labute approximate surface area is 189 Å². The third-order valence-electron chi connectivity index (χ3n) is 6.51. The van der Waals surface area contributed by atoms with Gasteiger partial charge < -0.3 is 5.73 Å². The van der Waals surface area contributed by atoms with Crippen LogP contribution in [0.5, 0.6) is 0 Å². The lowest BCUT2D eigenvalue weighted by Crippen LogP contribution is -2.38. The van der Waals surface area contributed by atoms with Crippen molar-refractivity contribution in [3.8, 4) is 12.1 Å². The maximum absolute atomic E-state index is 13.2. The van der Waals surface area contributed by atoms with Gasteiger partial charge in [0.25, 0.3) is 0 Å². The highest BCUT2D eigenvalue weighted by molar-refractivity contribution is 7.16. The van der Waals surface area contributed by atoms with Crippen LogP contribution in [0.15, 0.2) is 39.5 Å². The van der Waals surface area contributed by atoms with Gasteiger partial charge in [-0.25, -0.2) is 0 Å². The van der Waals surface area contributed by atoms with E-state index < -0.39 is 5.92 Å². The molecule has 3 heterocycles. The number of allylic oxidation sites excluding steroid dienone is 3. The maximum atomic E-state index is 13.2. The van der Waals surface area contributed by atoms with E-state index in [1.165, 1.54) is 11.3 Å². The Morgan fingerprint density at radius 2 is 1.90 bits per heavy atom. The molecule has 1 atom stereocenters. The Hall–Kier alpha value is -2.87. The number of rotatable bonds is 2. The summed E-state index contributed by atoms with van der Waals surface area (Å²) in [5.41, 5.74) is 11.4. The van der Waals surface area contributed by atoms with Crippen molar-refractivity contribution in [3.05, 3.63) is 61.1 Å². The predicted molar refractivity (Wildman–Crippen MR) is 123 cm³/mol. The molecule has 0 fully saturated rings. The van der Waals surface area contributed by atoms with Crippen LogP contribution in [0.25, 0.3) is 0 Å². The fourth-order valence-electron chi connectivity index (χ4n) is 5.09. The van der Waals surface area contributed by atoms with Crippen LogP contribution in [0.1, 0.15) is 66.0 Å². The number of nitrogens with zero attached hydrogens (tertiary/aromatic N) is 3. The Balaban J connectivity index is 1.75. The SMILES string of the molecule is N#CC1=C(N)N(c2sc3c(c2C#N)CCCCC3)C2=C(C(=O)CCC2)[C@@H]1c1ccsc1. The molecule has 0 unspecified atom stereocenters. The minimum atomic E-state index is -0.418. The van der Waals surface area contributed by atoms with Crippen LogP contribution in [-0.4, -0.2) is 5.78 Å². The van der Waals surface area contributed by atoms with E-state index in [9.17, 15) is 15.3 Å². The highest BCUT2D eigenvalue weighted by atomic mass is 32.1. The molecule has 31 heavy (non-hydrogen) atoms. The zero-order valence-corrected chi connectivity index (χ0v) is 18.7. The number of carbonyl (C=O) groups is 1. The highest BCUT2D eigenvalue weighted by Crippen LogP contribution is 2.50. The largest absolute Gasteiger partial charge is 0.384 e. The predicted octanol–water partition coefficient (Wildman–Crippen LogP) is 5.25. The first-order chi connectivity index (χ1) is 15.2. The minimum Gasteiger partial charge on any atom is -0.384 e. The fraction of sp³-hybridized carbons (Fsp3) is 0.375. The molecule has 2 aliphatic carbocycles. The van der Waals surface area contributed by atoms with E-state index in [4.69, 9.17) is 5.73 Å². The molecule has 5 nitrogen and oxygen atoms in total. The summed E-state index contributed by atoms with van der Waals surface area (Å²) in [4.78, 5) is 16.3. The number of Topliss-reactive ketones (excluding diaryl/α,β-unsaturated/α-hetero) is 1. The number of nitriles is 2. The third kappa shape index (κ3) is 3.12. The molecule has 2 aromatic heterocycles. The van der Waals surface area contributed by atoms with Crippen molar-refractivity contribution in [3.63, 3.8) is 0 Å². The molecule has 0 saturated carbocycles. The van der Waals surface area contributed by atoms with Gasteiger partial charge in [-0.3, -0.25) is 9.69 Å². The van der Waals surface area contributed by atoms with Gasteiger partial charge in [0, 0.05) is 22.6 Å². The molecule has 1 aliphatic heterocycles. The summed E-state index contributed by atoms with van der Waals surface area (Å²) < 4.78 is 0. The number of nitrogens with two attached hydrogens (primary N) is 1. The lowest BCUT2D eigenvalue weighted by atomic mass is 9.76. The number of fused-ring (bicyclic) bond motifs is 1. The molecule has 0 aromatic carbocycles. The third-order valence-corrected chi connectivity index (χ3v) is 8.49. The summed E-state index contributed by atoms with van der Waals surface area (Å²) in [5, 5.41) is 24.9. The molecule has 2 aromatic rings. The lowest BCUT2D eigenvalue weighted by molar-refractivity contribution is -0.116. The van der Waals surface area contributed by atoms with E-state index in [1.54, 1.807) is 22.7 Å². The first-order valence-corrected chi connectivity index (χ1v) is 12.4. The average Bonchev–Trinajstić information content (AvgIpc) is 3.35. The second-order valence-corrected chi connectivity index (χ2v) is 10.1. The molecule has 0 radical (unpaired) electrons. The van der Waals surface area contributed by atoms with Crippen molar-refractivity contribution >= 4 is 33.5 Å². The first-order valence-electron chi connectivity index (χ1n) is 10.7. The standard InChI is InChI=1S/C24H22N4OS2/c25-11-16-15-5-2-1-3-8-20(15)31-24(16)28-18-6-4-7-19(29)22(18)21(14-9-10-30-13-14)17(12-26)23(28)27/h9-10,13,21H,1-8,27H2/t21-/m1/s1. The van der Waals surface area contributed by atoms with Gasteiger partial charge in [0.1, 0.15) is 16.9 Å². The van der Waals surface area contributed by atoms with Gasteiger partial charge in [0.15, 0.2) is 5.78 Å². The molecule has 0 saturated heterocycles. The van der Waals surface area contributed by atoms with E-state index in [0.717, 1.165) is 53.9 Å². The smallest absolute Gasteiger partial charge is 0.161 e. The van der Waals surface area contributed by atoms with Crippen LogP contribution >= 0.6 is 22.7 Å². The van der Waals surface area contributed by atoms with Gasteiger partial charge in [0.2, 0.25) is 0 Å². The van der Waals surface area contributed by atoms with Crippen molar-refractivity contribution in [1.29, 1.82) is 10.5 Å². The molecular formula is C24H22N4OS2. The molecule has 7 heteroatoms. The maximum Gasteiger partial charge on any atom is 0.161 e. The van der Waals surface area contributed by atoms with Crippen molar-refractivity contribution in [2.45, 2.75) is 57.3 Å². The molecule has 5 rings (SSSR count). The summed E-state index contributed by atoms with van der Waals surface area (Å²) >= 11 is 3.16. The summed E-state index contributed by atoms with van der Waals surface area (Å²) in [5.74, 6) is 0.0259. The monoisotopic (exact) mass is 446 g/mol. The van der Waals surface area contributed by atoms with Crippen molar-refractivity contribution < 1.29 is 4.79 Å². The van der Waals surface area contributed by atoms with Gasteiger partial charge >= 0.3 is 0 Å². The first kappa shape index (κ1) is 20.1. The van der Waals surface area contributed by atoms with Crippen LogP contribution in [0.4, 0.5) is 5.00 Å². The minimum absolute atomic E-state index is 0.0827. The molecule has 0 bridgehead atoms. The van der Waals surface area contributed by atoms with E-state index in [-0.39, 0.29) is 5.78 Å². The molecule has 3 aliphatic rings. The second-order valence-electron chi connectivity index (χ2n) is 8.23. The molecule has 156 valence electrons. The van der Waals surface area contributed by atoms with Gasteiger partial charge in [-0.2, -0.15) is 21.9 Å². The molecule has 0 spiro atoms. The lowest BCUT2D eigenvalue weighted by Gasteiger charge is -2.38. The zero-order chi connectivity index (χ0) is 21.5. The number of hydrogen-bond donors (Lipinski definition) is 1. The van der Waals surface area contributed by atoms with Gasteiger partial charge in [-0.05, 0) is 66.5 Å². The van der Waals surface area contributed by atoms with E-state index >= 15 is 0 Å². The summed E-state index contributed by atoms with van der Waals surface area (Å²) in [6.45, 7) is 0. The Bertz CT molecular complexity index is 1200. The normalized spacial score (nSPS) is 21.3. The Kier molecular flexibility index (Phi) is 5.17. The number of anilines is 1. The fourth-order valence-corrected chi connectivity index (χ4v) is 7.16. The van der Waals surface area contributed by atoms with Crippen molar-refractivity contribution in [2.75, 3.05) is 4.90 Å². The van der Waals surface area contributed by atoms with Crippen LogP contribution in [0.2, 0.25) is 0 Å². The molecular weight excluding hydrogens is 424 g/mol. The van der Waals surface area contributed by atoms with Gasteiger partial charge in [0.05, 0.1) is 23.1 Å². The summed E-state index contributed by atoms with van der Waals surface area (Å²) in [7, 11) is 0. The number of hydrogen-bond acceptors (Lipinski definition) is 7. The van der Waals surface area contributed by atoms with E-state index in [1.807, 2.05) is 21.7 Å². The van der Waals surface area contributed by atoms with Crippen LogP contribution < -0.4 is 10.6 Å². The van der Waals surface area contributed by atoms with E-state index in [2.05, 4.69) is 12.1 Å². The molecule has 0 amide bonds. The van der Waals surface area contributed by atoms with Gasteiger partial charge in [-0.1, -0.05) is 6.42 Å². The number of ketones is 1. The van der Waals surface area contributed by atoms with Crippen LogP contribution in [0, 0.1) is 22.7 Å². The van der Waals surface area contributed by atoms with Crippen LogP contribution in [-0.2, 0) is 17.6 Å². The highest BCUT2D eigenvalue weighted by Gasteiger charge is 2.41. The summed E-state index contributed by atoms with van der Waals surface area (Å²) in [6, 6.07) is 6.71. The summed E-state index contributed by atoms with van der Waals surface area (Å²) in [6.07, 6.45) is 7.22. The van der Waals surface area contributed by atoms with Crippen molar-refractivity contribution in [1.82, 2.24) is 0 Å².